The first-order valence-electron chi connectivity index (χ1n) is 6.30. The van der Waals surface area contributed by atoms with Gasteiger partial charge >= 0.3 is 0 Å². The number of benzene rings is 1. The lowest BCUT2D eigenvalue weighted by Gasteiger charge is -2.18. The van der Waals surface area contributed by atoms with Crippen molar-refractivity contribution < 1.29 is 4.79 Å². The summed E-state index contributed by atoms with van der Waals surface area (Å²) < 4.78 is 0.879. The van der Waals surface area contributed by atoms with Gasteiger partial charge in [-0.2, -0.15) is 0 Å². The minimum absolute atomic E-state index is 0.101. The van der Waals surface area contributed by atoms with Crippen molar-refractivity contribution in [1.82, 2.24) is 5.32 Å². The van der Waals surface area contributed by atoms with E-state index in [-0.39, 0.29) is 11.9 Å². The summed E-state index contributed by atoms with van der Waals surface area (Å²) in [7, 11) is 0. The van der Waals surface area contributed by atoms with Gasteiger partial charge in [0.2, 0.25) is 0 Å². The Morgan fingerprint density at radius 1 is 1.44 bits per heavy atom. The molecule has 1 aromatic carbocycles. The fourth-order valence-electron chi connectivity index (χ4n) is 1.87. The molecular formula is C14H21BrN2O. The van der Waals surface area contributed by atoms with Crippen LogP contribution in [-0.2, 0) is 0 Å². The highest BCUT2D eigenvalue weighted by molar-refractivity contribution is 9.10. The smallest absolute Gasteiger partial charge is 0.253 e. The van der Waals surface area contributed by atoms with Crippen molar-refractivity contribution in [2.45, 2.75) is 39.7 Å². The number of amides is 1. The first-order chi connectivity index (χ1) is 8.43. The summed E-state index contributed by atoms with van der Waals surface area (Å²) in [5, 5.41) is 2.99. The molecule has 0 saturated carbocycles. The monoisotopic (exact) mass is 312 g/mol. The molecule has 100 valence electrons. The van der Waals surface area contributed by atoms with Crippen LogP contribution in [0.3, 0.4) is 0 Å². The van der Waals surface area contributed by atoms with Gasteiger partial charge in [-0.3, -0.25) is 4.79 Å². The first-order valence-corrected chi connectivity index (χ1v) is 7.09. The average molecular weight is 313 g/mol. The van der Waals surface area contributed by atoms with Crippen LogP contribution in [0.5, 0.6) is 0 Å². The highest BCUT2D eigenvalue weighted by atomic mass is 79.9. The summed E-state index contributed by atoms with van der Waals surface area (Å²) in [5.74, 6) is 0.512. The van der Waals surface area contributed by atoms with E-state index in [0.717, 1.165) is 17.3 Å². The summed E-state index contributed by atoms with van der Waals surface area (Å²) in [5.41, 5.74) is 6.87. The average Bonchev–Trinajstić information content (AvgIpc) is 2.28. The molecule has 0 heterocycles. The summed E-state index contributed by atoms with van der Waals surface area (Å²) in [4.78, 5) is 12.1. The van der Waals surface area contributed by atoms with Crippen molar-refractivity contribution in [1.29, 1.82) is 0 Å². The van der Waals surface area contributed by atoms with Crippen molar-refractivity contribution in [3.63, 3.8) is 0 Å². The minimum Gasteiger partial charge on any atom is -0.398 e. The molecule has 1 rings (SSSR count). The molecule has 0 saturated heterocycles. The second-order valence-electron chi connectivity index (χ2n) is 4.86. The lowest BCUT2D eigenvalue weighted by molar-refractivity contribution is 0.0936. The first kappa shape index (κ1) is 15.0. The zero-order chi connectivity index (χ0) is 13.7. The van der Waals surface area contributed by atoms with E-state index in [1.54, 1.807) is 12.1 Å². The Hall–Kier alpha value is -1.03. The molecule has 3 N–H and O–H groups in total. The molecule has 1 amide bonds. The van der Waals surface area contributed by atoms with Gasteiger partial charge in [-0.25, -0.2) is 0 Å². The molecule has 0 aliphatic rings. The molecule has 0 radical (unpaired) electrons. The summed E-state index contributed by atoms with van der Waals surface area (Å²) >= 11 is 3.33. The molecule has 0 aromatic heterocycles. The van der Waals surface area contributed by atoms with Crippen LogP contribution in [0, 0.1) is 5.92 Å². The van der Waals surface area contributed by atoms with Gasteiger partial charge in [-0.05, 0) is 37.5 Å². The molecule has 1 aromatic rings. The number of carbonyl (C=O) groups is 1. The predicted octanol–water partition coefficient (Wildman–Crippen LogP) is 3.59. The van der Waals surface area contributed by atoms with Crippen LogP contribution < -0.4 is 11.1 Å². The third-order valence-corrected chi connectivity index (χ3v) is 3.58. The number of rotatable bonds is 5. The van der Waals surface area contributed by atoms with E-state index in [1.807, 2.05) is 13.0 Å². The van der Waals surface area contributed by atoms with Crippen LogP contribution in [0.25, 0.3) is 0 Å². The standard InChI is InChI=1S/C14H21BrN2O/c1-4-9(2)7-10(3)17-14(18)12-6-5-11(15)8-13(12)16/h5-6,8-10H,4,7,16H2,1-3H3,(H,17,18). The second-order valence-corrected chi connectivity index (χ2v) is 5.77. The molecule has 18 heavy (non-hydrogen) atoms. The van der Waals surface area contributed by atoms with E-state index in [1.165, 1.54) is 0 Å². The van der Waals surface area contributed by atoms with Gasteiger partial charge in [-0.1, -0.05) is 36.2 Å². The van der Waals surface area contributed by atoms with Crippen LogP contribution >= 0.6 is 15.9 Å². The Morgan fingerprint density at radius 2 is 2.11 bits per heavy atom. The summed E-state index contributed by atoms with van der Waals surface area (Å²) in [6.07, 6.45) is 2.11. The van der Waals surface area contributed by atoms with Gasteiger partial charge in [-0.15, -0.1) is 0 Å². The predicted molar refractivity (Wildman–Crippen MR) is 79.6 cm³/mol. The number of hydrogen-bond donors (Lipinski definition) is 2. The van der Waals surface area contributed by atoms with Crippen LogP contribution in [0.1, 0.15) is 44.0 Å². The number of nitrogens with two attached hydrogens (primary N) is 1. The highest BCUT2D eigenvalue weighted by Gasteiger charge is 2.14. The van der Waals surface area contributed by atoms with Gasteiger partial charge in [0.05, 0.1) is 5.56 Å². The zero-order valence-corrected chi connectivity index (χ0v) is 12.8. The third-order valence-electron chi connectivity index (χ3n) is 3.09. The molecule has 2 unspecified atom stereocenters. The van der Waals surface area contributed by atoms with Crippen molar-refractivity contribution >= 4 is 27.5 Å². The van der Waals surface area contributed by atoms with Gasteiger partial charge in [0.15, 0.2) is 0 Å². The maximum absolute atomic E-state index is 12.1. The van der Waals surface area contributed by atoms with Crippen molar-refractivity contribution in [3.05, 3.63) is 28.2 Å². The number of nitrogen functional groups attached to an aromatic ring is 1. The van der Waals surface area contributed by atoms with E-state index in [4.69, 9.17) is 5.73 Å². The lowest BCUT2D eigenvalue weighted by Crippen LogP contribution is -2.34. The Bertz CT molecular complexity index is 420. The number of anilines is 1. The Morgan fingerprint density at radius 3 is 2.67 bits per heavy atom. The van der Waals surface area contributed by atoms with Gasteiger partial charge < -0.3 is 11.1 Å². The van der Waals surface area contributed by atoms with E-state index in [2.05, 4.69) is 35.1 Å². The SMILES string of the molecule is CCC(C)CC(C)NC(=O)c1ccc(Br)cc1N. The van der Waals surface area contributed by atoms with Crippen molar-refractivity contribution in [2.24, 2.45) is 5.92 Å². The zero-order valence-electron chi connectivity index (χ0n) is 11.2. The molecular weight excluding hydrogens is 292 g/mol. The van der Waals surface area contributed by atoms with Gasteiger partial charge in [0.1, 0.15) is 0 Å². The molecule has 0 spiro atoms. The molecule has 3 nitrogen and oxygen atoms in total. The Balaban J connectivity index is 2.65. The normalized spacial score (nSPS) is 14.0. The Kier molecular flexibility index (Phi) is 5.66. The molecule has 0 fully saturated rings. The second kappa shape index (κ2) is 6.78. The van der Waals surface area contributed by atoms with E-state index < -0.39 is 0 Å². The van der Waals surface area contributed by atoms with Crippen molar-refractivity contribution in [3.8, 4) is 0 Å². The largest absolute Gasteiger partial charge is 0.398 e. The molecule has 4 heteroatoms. The highest BCUT2D eigenvalue weighted by Crippen LogP contribution is 2.19. The number of hydrogen-bond acceptors (Lipinski definition) is 2. The lowest BCUT2D eigenvalue weighted by atomic mass is 10.00. The summed E-state index contributed by atoms with van der Waals surface area (Å²) in [6.45, 7) is 6.38. The number of nitrogens with one attached hydrogen (secondary N) is 1. The number of halogens is 1. The van der Waals surface area contributed by atoms with Crippen LogP contribution in [-0.4, -0.2) is 11.9 Å². The van der Waals surface area contributed by atoms with E-state index in [0.29, 0.717) is 17.2 Å². The molecule has 0 bridgehead atoms. The van der Waals surface area contributed by atoms with Crippen LogP contribution in [0.4, 0.5) is 5.69 Å². The fourth-order valence-corrected chi connectivity index (χ4v) is 2.25. The van der Waals surface area contributed by atoms with Crippen LogP contribution in [0.2, 0.25) is 0 Å². The third kappa shape index (κ3) is 4.33. The molecule has 0 aliphatic heterocycles. The molecule has 2 atom stereocenters. The fraction of sp³-hybridized carbons (Fsp3) is 0.500. The van der Waals surface area contributed by atoms with Crippen molar-refractivity contribution in [2.75, 3.05) is 5.73 Å². The quantitative estimate of drug-likeness (QED) is 0.816. The minimum atomic E-state index is -0.101. The van der Waals surface area contributed by atoms with E-state index >= 15 is 0 Å². The van der Waals surface area contributed by atoms with Crippen LogP contribution in [0.15, 0.2) is 22.7 Å². The maximum Gasteiger partial charge on any atom is 0.253 e. The Labute approximate surface area is 117 Å². The summed E-state index contributed by atoms with van der Waals surface area (Å²) in [6, 6.07) is 5.47. The molecule has 0 aliphatic carbocycles. The maximum atomic E-state index is 12.1. The van der Waals surface area contributed by atoms with Gasteiger partial charge in [0, 0.05) is 16.2 Å². The topological polar surface area (TPSA) is 55.1 Å². The van der Waals surface area contributed by atoms with E-state index in [9.17, 15) is 4.79 Å². The number of carbonyl (C=O) groups excluding carboxylic acids is 1. The van der Waals surface area contributed by atoms with Gasteiger partial charge in [0.25, 0.3) is 5.91 Å².